The predicted molar refractivity (Wildman–Crippen MR) is 77.3 cm³/mol. The molecule has 0 aliphatic carbocycles. The number of nitrogens with zero attached hydrogens (tertiary/aromatic N) is 3. The maximum atomic E-state index is 11.3. The molecule has 8 heteroatoms. The number of hydrogen-bond donors (Lipinski definition) is 0. The summed E-state index contributed by atoms with van der Waals surface area (Å²) in [5.41, 5.74) is 1.52. The molecule has 0 bridgehead atoms. The van der Waals surface area contributed by atoms with Crippen LogP contribution in [-0.2, 0) is 11.3 Å². The quantitative estimate of drug-likeness (QED) is 0.536. The highest BCUT2D eigenvalue weighted by molar-refractivity contribution is 7.77. The normalized spacial score (nSPS) is 12.8. The van der Waals surface area contributed by atoms with Crippen molar-refractivity contribution in [3.05, 3.63) is 47.0 Å². The molecule has 5 nitrogen and oxygen atoms in total. The number of hydrogen-bond acceptors (Lipinski definition) is 4. The van der Waals surface area contributed by atoms with E-state index in [0.29, 0.717) is 27.2 Å². The third kappa shape index (κ3) is 2.20. The van der Waals surface area contributed by atoms with E-state index in [1.807, 2.05) is 0 Å². The fraction of sp³-hybridized carbons (Fsp3) is 0. The minimum Gasteiger partial charge on any atom is -0.755 e. The number of benzene rings is 1. The number of aromatic nitrogens is 3. The van der Waals surface area contributed by atoms with Gasteiger partial charge in [-0.2, -0.15) is 0 Å². The lowest BCUT2D eigenvalue weighted by Crippen LogP contribution is -2.00. The fourth-order valence-electron chi connectivity index (χ4n) is 2.00. The summed E-state index contributed by atoms with van der Waals surface area (Å²) in [6, 6.07) is 7.05. The van der Waals surface area contributed by atoms with Crippen molar-refractivity contribution in [1.82, 2.24) is 13.9 Å². The van der Waals surface area contributed by atoms with E-state index in [9.17, 15) is 8.76 Å². The molecule has 3 rings (SSSR count). The first kappa shape index (κ1) is 13.5. The number of para-hydroxylation sites is 1. The van der Waals surface area contributed by atoms with Crippen LogP contribution in [0.4, 0.5) is 0 Å². The first-order valence-corrected chi connectivity index (χ1v) is 7.25. The second kappa shape index (κ2) is 5.14. The van der Waals surface area contributed by atoms with Crippen LogP contribution in [0.25, 0.3) is 22.2 Å². The number of rotatable bonds is 2. The molecule has 0 amide bonds. The third-order valence-corrected chi connectivity index (χ3v) is 3.89. The van der Waals surface area contributed by atoms with Crippen LogP contribution < -0.4 is 0 Å². The minimum atomic E-state index is -2.42. The van der Waals surface area contributed by atoms with E-state index < -0.39 is 11.3 Å². The minimum absolute atomic E-state index is 0.0458. The summed E-state index contributed by atoms with van der Waals surface area (Å²) in [4.78, 5) is 7.85. The standard InChI is InChI=1S/C12H7Cl2N3O2S/c13-9-5-15-12(14)16-11(9)8-6-17(20(18)19)10-4-2-1-3-7(8)10/h1-6H,(H,18,19)/p-1. The third-order valence-electron chi connectivity index (χ3n) is 2.81. The Bertz CT molecular complexity index is 835. The highest BCUT2D eigenvalue weighted by atomic mass is 35.5. The molecule has 0 N–H and O–H groups in total. The van der Waals surface area contributed by atoms with E-state index in [1.54, 1.807) is 24.3 Å². The molecule has 2 aromatic heterocycles. The van der Waals surface area contributed by atoms with Crippen LogP contribution in [0.3, 0.4) is 0 Å². The van der Waals surface area contributed by atoms with Crippen molar-refractivity contribution in [1.29, 1.82) is 0 Å². The van der Waals surface area contributed by atoms with Crippen molar-refractivity contribution in [2.45, 2.75) is 0 Å². The monoisotopic (exact) mass is 326 g/mol. The molecule has 0 aliphatic heterocycles. The molecule has 0 saturated heterocycles. The Morgan fingerprint density at radius 3 is 2.75 bits per heavy atom. The van der Waals surface area contributed by atoms with Crippen LogP contribution in [0.2, 0.25) is 10.3 Å². The molecule has 0 radical (unpaired) electrons. The second-order valence-corrected chi connectivity index (χ2v) is 5.51. The average Bonchev–Trinajstić information content (AvgIpc) is 2.81. The van der Waals surface area contributed by atoms with E-state index in [2.05, 4.69) is 9.97 Å². The second-order valence-electron chi connectivity index (χ2n) is 3.94. The van der Waals surface area contributed by atoms with Crippen molar-refractivity contribution >= 4 is 45.4 Å². The lowest BCUT2D eigenvalue weighted by atomic mass is 10.1. The summed E-state index contributed by atoms with van der Waals surface area (Å²) in [6.07, 6.45) is 2.84. The van der Waals surface area contributed by atoms with Crippen LogP contribution in [0.5, 0.6) is 0 Å². The van der Waals surface area contributed by atoms with Gasteiger partial charge in [0.1, 0.15) is 0 Å². The molecule has 0 aliphatic rings. The van der Waals surface area contributed by atoms with Gasteiger partial charge in [0.25, 0.3) is 0 Å². The van der Waals surface area contributed by atoms with Gasteiger partial charge in [0.15, 0.2) is 0 Å². The molecule has 1 atom stereocenters. The zero-order valence-electron chi connectivity index (χ0n) is 9.79. The van der Waals surface area contributed by atoms with E-state index >= 15 is 0 Å². The molecule has 1 unspecified atom stereocenters. The van der Waals surface area contributed by atoms with E-state index in [4.69, 9.17) is 23.2 Å². The summed E-state index contributed by atoms with van der Waals surface area (Å²) >= 11 is 9.43. The van der Waals surface area contributed by atoms with Gasteiger partial charge in [0.05, 0.1) is 33.7 Å². The van der Waals surface area contributed by atoms with E-state index in [0.717, 1.165) is 3.97 Å². The van der Waals surface area contributed by atoms with Crippen LogP contribution in [0, 0.1) is 0 Å². The fourth-order valence-corrected chi connectivity index (χ4v) is 2.83. The van der Waals surface area contributed by atoms with Gasteiger partial charge in [-0.05, 0) is 17.7 Å². The molecule has 3 aromatic rings. The molecule has 20 heavy (non-hydrogen) atoms. The highest BCUT2D eigenvalue weighted by Gasteiger charge is 2.15. The van der Waals surface area contributed by atoms with Crippen molar-refractivity contribution in [3.8, 4) is 11.3 Å². The Kier molecular flexibility index (Phi) is 3.47. The van der Waals surface area contributed by atoms with E-state index in [1.165, 1.54) is 12.4 Å². The summed E-state index contributed by atoms with van der Waals surface area (Å²) in [6.45, 7) is 0. The first-order chi connectivity index (χ1) is 9.58. The Morgan fingerprint density at radius 1 is 1.25 bits per heavy atom. The Balaban J connectivity index is 2.37. The van der Waals surface area contributed by atoms with Gasteiger partial charge in [-0.15, -0.1) is 0 Å². The Labute approximate surface area is 126 Å². The maximum absolute atomic E-state index is 11.3. The topological polar surface area (TPSA) is 70.8 Å². The molecule has 0 fully saturated rings. The molecule has 0 saturated carbocycles. The van der Waals surface area contributed by atoms with Gasteiger partial charge in [-0.3, -0.25) is 8.18 Å². The average molecular weight is 327 g/mol. The van der Waals surface area contributed by atoms with Crippen molar-refractivity contribution < 1.29 is 8.76 Å². The van der Waals surface area contributed by atoms with Crippen LogP contribution in [0.1, 0.15) is 0 Å². The van der Waals surface area contributed by atoms with Crippen molar-refractivity contribution in [2.75, 3.05) is 0 Å². The largest absolute Gasteiger partial charge is 0.755 e. The van der Waals surface area contributed by atoms with Gasteiger partial charge in [0.2, 0.25) is 5.28 Å². The van der Waals surface area contributed by atoms with Gasteiger partial charge in [0, 0.05) is 17.1 Å². The molecule has 2 heterocycles. The molecule has 1 aromatic carbocycles. The maximum Gasteiger partial charge on any atom is 0.222 e. The van der Waals surface area contributed by atoms with Crippen molar-refractivity contribution in [2.24, 2.45) is 0 Å². The van der Waals surface area contributed by atoms with Gasteiger partial charge < -0.3 is 4.55 Å². The highest BCUT2D eigenvalue weighted by Crippen LogP contribution is 2.33. The van der Waals surface area contributed by atoms with Gasteiger partial charge >= 0.3 is 0 Å². The summed E-state index contributed by atoms with van der Waals surface area (Å²) in [5, 5.41) is 1.06. The van der Waals surface area contributed by atoms with E-state index in [-0.39, 0.29) is 5.28 Å². The zero-order chi connectivity index (χ0) is 14.3. The molecule has 102 valence electrons. The van der Waals surface area contributed by atoms with Crippen LogP contribution in [0.15, 0.2) is 36.7 Å². The van der Waals surface area contributed by atoms with Crippen molar-refractivity contribution in [3.63, 3.8) is 0 Å². The summed E-state index contributed by atoms with van der Waals surface area (Å²) in [7, 11) is 0. The SMILES string of the molecule is O=S([O-])n1cc(-c2nc(Cl)ncc2Cl)c2ccccc21. The first-order valence-electron chi connectivity index (χ1n) is 5.46. The lowest BCUT2D eigenvalue weighted by molar-refractivity contribution is 0.529. The predicted octanol–water partition coefficient (Wildman–Crippen LogP) is 3.05. The number of fused-ring (bicyclic) bond motifs is 1. The molecule has 0 spiro atoms. The molecular weight excluding hydrogens is 321 g/mol. The summed E-state index contributed by atoms with van der Waals surface area (Å²) < 4.78 is 23.7. The smallest absolute Gasteiger partial charge is 0.222 e. The molecular formula is C12H6Cl2N3O2S-. The van der Waals surface area contributed by atoms with Gasteiger partial charge in [-0.1, -0.05) is 29.8 Å². The van der Waals surface area contributed by atoms with Gasteiger partial charge in [-0.25, -0.2) is 9.97 Å². The summed E-state index contributed by atoms with van der Waals surface area (Å²) in [5.74, 6) is 0. The lowest BCUT2D eigenvalue weighted by Gasteiger charge is -2.06. The van der Waals surface area contributed by atoms with Crippen LogP contribution in [-0.4, -0.2) is 22.7 Å². The Morgan fingerprint density at radius 2 is 2.00 bits per heavy atom. The number of halogens is 2. The Hall–Kier alpha value is -1.47. The van der Waals surface area contributed by atoms with Crippen LogP contribution >= 0.6 is 23.2 Å². The zero-order valence-corrected chi connectivity index (χ0v) is 12.1.